The second-order valence-electron chi connectivity index (χ2n) is 7.04. The topological polar surface area (TPSA) is 49.8 Å². The van der Waals surface area contributed by atoms with Crippen molar-refractivity contribution in [3.8, 4) is 16.9 Å². The number of nitrogens with zero attached hydrogens (tertiary/aromatic N) is 1. The molecule has 28 heavy (non-hydrogen) atoms. The summed E-state index contributed by atoms with van der Waals surface area (Å²) in [5, 5.41) is 9.03. The number of hydrogen-bond donors (Lipinski definition) is 1. The number of carbonyl (C=O) groups is 1. The largest absolute Gasteiger partial charge is 0.490 e. The Hall–Kier alpha value is -2.70. The van der Waals surface area contributed by atoms with E-state index in [0.717, 1.165) is 24.2 Å². The molecule has 1 aliphatic rings. The van der Waals surface area contributed by atoms with Crippen molar-refractivity contribution in [3.05, 3.63) is 48.0 Å². The SMILES string of the molecule is CCC(C)Oc1ccc(C(F)(F)F)cc1-c1cccc(N2CC(C(=O)O)C2)c1. The Morgan fingerprint density at radius 2 is 1.96 bits per heavy atom. The Labute approximate surface area is 161 Å². The van der Waals surface area contributed by atoms with Gasteiger partial charge in [0, 0.05) is 24.3 Å². The molecule has 1 atom stereocenters. The number of halogens is 3. The summed E-state index contributed by atoms with van der Waals surface area (Å²) in [4.78, 5) is 12.9. The molecule has 7 heteroatoms. The lowest BCUT2D eigenvalue weighted by Gasteiger charge is -2.38. The van der Waals surface area contributed by atoms with Crippen molar-refractivity contribution in [1.82, 2.24) is 0 Å². The van der Waals surface area contributed by atoms with Crippen molar-refractivity contribution in [3.63, 3.8) is 0 Å². The molecule has 2 aromatic rings. The molecule has 0 radical (unpaired) electrons. The minimum atomic E-state index is -4.45. The van der Waals surface area contributed by atoms with Gasteiger partial charge in [-0.1, -0.05) is 19.1 Å². The van der Waals surface area contributed by atoms with Crippen molar-refractivity contribution in [2.24, 2.45) is 5.92 Å². The summed E-state index contributed by atoms with van der Waals surface area (Å²) in [5.41, 5.74) is 1.01. The maximum absolute atomic E-state index is 13.2. The van der Waals surface area contributed by atoms with Crippen molar-refractivity contribution in [2.75, 3.05) is 18.0 Å². The van der Waals surface area contributed by atoms with Gasteiger partial charge < -0.3 is 14.7 Å². The van der Waals surface area contributed by atoms with Crippen LogP contribution in [-0.4, -0.2) is 30.3 Å². The van der Waals surface area contributed by atoms with Crippen molar-refractivity contribution in [2.45, 2.75) is 32.5 Å². The summed E-state index contributed by atoms with van der Waals surface area (Å²) < 4.78 is 45.5. The molecule has 1 unspecified atom stereocenters. The molecule has 150 valence electrons. The van der Waals surface area contributed by atoms with Crippen LogP contribution in [0.3, 0.4) is 0 Å². The third-order valence-corrected chi connectivity index (χ3v) is 4.96. The Bertz CT molecular complexity index is 860. The molecule has 1 N–H and O–H groups in total. The van der Waals surface area contributed by atoms with E-state index < -0.39 is 23.6 Å². The molecular weight excluding hydrogens is 371 g/mol. The van der Waals surface area contributed by atoms with Crippen LogP contribution in [0.5, 0.6) is 5.75 Å². The zero-order chi connectivity index (χ0) is 20.5. The summed E-state index contributed by atoms with van der Waals surface area (Å²) in [5.74, 6) is -0.859. The average molecular weight is 393 g/mol. The van der Waals surface area contributed by atoms with E-state index in [4.69, 9.17) is 9.84 Å². The highest BCUT2D eigenvalue weighted by atomic mass is 19.4. The number of anilines is 1. The van der Waals surface area contributed by atoms with Gasteiger partial charge in [0.2, 0.25) is 0 Å². The first-order valence-electron chi connectivity index (χ1n) is 9.15. The Morgan fingerprint density at radius 3 is 2.57 bits per heavy atom. The van der Waals surface area contributed by atoms with Crippen LogP contribution < -0.4 is 9.64 Å². The normalized spacial score (nSPS) is 15.8. The molecule has 0 aromatic heterocycles. The lowest BCUT2D eigenvalue weighted by molar-refractivity contribution is -0.142. The van der Waals surface area contributed by atoms with Gasteiger partial charge in [0.05, 0.1) is 17.6 Å². The molecule has 0 saturated carbocycles. The van der Waals surface area contributed by atoms with Gasteiger partial charge in [-0.25, -0.2) is 0 Å². The van der Waals surface area contributed by atoms with Crippen molar-refractivity contribution in [1.29, 1.82) is 0 Å². The Balaban J connectivity index is 1.96. The zero-order valence-electron chi connectivity index (χ0n) is 15.7. The smallest absolute Gasteiger partial charge is 0.416 e. The second kappa shape index (κ2) is 7.73. The maximum atomic E-state index is 13.2. The van der Waals surface area contributed by atoms with E-state index in [-0.39, 0.29) is 6.10 Å². The van der Waals surface area contributed by atoms with Gasteiger partial charge >= 0.3 is 12.1 Å². The predicted molar refractivity (Wildman–Crippen MR) is 101 cm³/mol. The van der Waals surface area contributed by atoms with E-state index >= 15 is 0 Å². The van der Waals surface area contributed by atoms with E-state index in [1.165, 1.54) is 6.07 Å². The molecule has 0 amide bonds. The summed E-state index contributed by atoms with van der Waals surface area (Å²) in [6, 6.07) is 10.6. The number of rotatable bonds is 6. The summed E-state index contributed by atoms with van der Waals surface area (Å²) in [6.07, 6.45) is -3.86. The third kappa shape index (κ3) is 4.24. The van der Waals surface area contributed by atoms with Crippen molar-refractivity contribution < 1.29 is 27.8 Å². The van der Waals surface area contributed by atoms with Gasteiger partial charge in [-0.2, -0.15) is 13.2 Å². The summed E-state index contributed by atoms with van der Waals surface area (Å²) in [6.45, 7) is 4.58. The van der Waals surface area contributed by atoms with E-state index in [1.807, 2.05) is 24.8 Å². The van der Waals surface area contributed by atoms with E-state index in [1.54, 1.807) is 18.2 Å². The van der Waals surface area contributed by atoms with Gasteiger partial charge in [0.25, 0.3) is 0 Å². The Morgan fingerprint density at radius 1 is 1.25 bits per heavy atom. The van der Waals surface area contributed by atoms with E-state index in [9.17, 15) is 18.0 Å². The monoisotopic (exact) mass is 393 g/mol. The first-order chi connectivity index (χ1) is 13.2. The van der Waals surface area contributed by atoms with Gasteiger partial charge in [-0.3, -0.25) is 4.79 Å². The van der Waals surface area contributed by atoms with E-state index in [2.05, 4.69) is 0 Å². The molecule has 2 aromatic carbocycles. The fourth-order valence-corrected chi connectivity index (χ4v) is 3.05. The highest BCUT2D eigenvalue weighted by molar-refractivity contribution is 5.77. The second-order valence-corrected chi connectivity index (χ2v) is 7.04. The van der Waals surface area contributed by atoms with Gasteiger partial charge in [-0.15, -0.1) is 0 Å². The van der Waals surface area contributed by atoms with Crippen LogP contribution in [0.1, 0.15) is 25.8 Å². The molecule has 1 fully saturated rings. The Kier molecular flexibility index (Phi) is 5.54. The van der Waals surface area contributed by atoms with Crippen LogP contribution >= 0.6 is 0 Å². The third-order valence-electron chi connectivity index (χ3n) is 4.96. The molecule has 1 saturated heterocycles. The predicted octanol–water partition coefficient (Wildman–Crippen LogP) is 5.07. The lowest BCUT2D eigenvalue weighted by atomic mass is 9.97. The molecule has 3 rings (SSSR count). The quantitative estimate of drug-likeness (QED) is 0.744. The minimum Gasteiger partial charge on any atom is -0.490 e. The lowest BCUT2D eigenvalue weighted by Crippen LogP contribution is -2.50. The number of hydrogen-bond acceptors (Lipinski definition) is 3. The summed E-state index contributed by atoms with van der Waals surface area (Å²) in [7, 11) is 0. The molecule has 4 nitrogen and oxygen atoms in total. The fraction of sp³-hybridized carbons (Fsp3) is 0.381. The molecule has 0 spiro atoms. The van der Waals surface area contributed by atoms with Crippen LogP contribution in [0.25, 0.3) is 11.1 Å². The number of carboxylic acid groups (broad SMARTS) is 1. The number of ether oxygens (including phenoxy) is 1. The van der Waals surface area contributed by atoms with Crippen LogP contribution in [-0.2, 0) is 11.0 Å². The van der Waals surface area contributed by atoms with Crippen LogP contribution in [0.2, 0.25) is 0 Å². The van der Waals surface area contributed by atoms with E-state index in [0.29, 0.717) is 30.0 Å². The molecule has 0 bridgehead atoms. The van der Waals surface area contributed by atoms with Gasteiger partial charge in [0.1, 0.15) is 5.75 Å². The fourth-order valence-electron chi connectivity index (χ4n) is 3.05. The average Bonchev–Trinajstić information content (AvgIpc) is 2.59. The first kappa shape index (κ1) is 20.0. The van der Waals surface area contributed by atoms with Crippen LogP contribution in [0.4, 0.5) is 18.9 Å². The minimum absolute atomic E-state index is 0.134. The molecule has 0 aliphatic carbocycles. The summed E-state index contributed by atoms with van der Waals surface area (Å²) >= 11 is 0. The highest BCUT2D eigenvalue weighted by Gasteiger charge is 2.33. The molecule has 1 aliphatic heterocycles. The van der Waals surface area contributed by atoms with Crippen LogP contribution in [0, 0.1) is 5.92 Å². The maximum Gasteiger partial charge on any atom is 0.416 e. The number of alkyl halides is 3. The standard InChI is InChI=1S/C21H22F3NO3/c1-3-13(2)28-19-8-7-16(21(22,23)24)10-18(19)14-5-4-6-17(9-14)25-11-15(12-25)20(26)27/h4-10,13,15H,3,11-12H2,1-2H3,(H,26,27). The first-order valence-corrected chi connectivity index (χ1v) is 9.15. The van der Waals surface area contributed by atoms with Gasteiger partial charge in [0.15, 0.2) is 0 Å². The van der Waals surface area contributed by atoms with Gasteiger partial charge in [-0.05, 0) is 49.2 Å². The number of benzene rings is 2. The van der Waals surface area contributed by atoms with Crippen molar-refractivity contribution >= 4 is 11.7 Å². The number of aliphatic carboxylic acids is 1. The molecule has 1 heterocycles. The molecular formula is C21H22F3NO3. The van der Waals surface area contributed by atoms with Crippen LogP contribution in [0.15, 0.2) is 42.5 Å². The zero-order valence-corrected chi connectivity index (χ0v) is 15.7. The highest BCUT2D eigenvalue weighted by Crippen LogP contribution is 2.39. The number of carboxylic acids is 1.